The molecule has 0 heterocycles. The summed E-state index contributed by atoms with van der Waals surface area (Å²) in [5, 5.41) is 10.5. The minimum absolute atomic E-state index is 0.119. The highest BCUT2D eigenvalue weighted by Gasteiger charge is 2.27. The molecule has 1 N–H and O–H groups in total. The second-order valence-electron chi connectivity index (χ2n) is 6.94. The first-order valence-corrected chi connectivity index (χ1v) is 6.98. The molecule has 2 atom stereocenters. The van der Waals surface area contributed by atoms with Crippen molar-refractivity contribution in [3.05, 3.63) is 35.4 Å². The molecule has 0 saturated heterocycles. The summed E-state index contributed by atoms with van der Waals surface area (Å²) in [7, 11) is 0. The van der Waals surface area contributed by atoms with Gasteiger partial charge in [-0.05, 0) is 34.8 Å². The van der Waals surface area contributed by atoms with Crippen LogP contribution < -0.4 is 0 Å². The van der Waals surface area contributed by atoms with Crippen LogP contribution in [0.15, 0.2) is 24.3 Å². The van der Waals surface area contributed by atoms with Crippen molar-refractivity contribution in [3.63, 3.8) is 0 Å². The summed E-state index contributed by atoms with van der Waals surface area (Å²) in [6.45, 7) is 13.1. The maximum atomic E-state index is 10.5. The summed E-state index contributed by atoms with van der Waals surface area (Å²) in [5.74, 6) is 0.893. The number of benzene rings is 1. The fraction of sp³-hybridized carbons (Fsp3) is 0.647. The molecule has 0 saturated carbocycles. The van der Waals surface area contributed by atoms with E-state index in [-0.39, 0.29) is 17.4 Å². The Balaban J connectivity index is 2.89. The van der Waals surface area contributed by atoms with Crippen LogP contribution in [0.5, 0.6) is 0 Å². The predicted molar refractivity (Wildman–Crippen MR) is 78.6 cm³/mol. The smallest absolute Gasteiger partial charge is 0.0820 e. The minimum atomic E-state index is -0.378. The number of hydrogen-bond donors (Lipinski definition) is 1. The van der Waals surface area contributed by atoms with E-state index in [1.165, 1.54) is 5.56 Å². The zero-order chi connectivity index (χ0) is 13.9. The molecule has 0 bridgehead atoms. The zero-order valence-corrected chi connectivity index (χ0v) is 12.7. The molecular weight excluding hydrogens is 220 g/mol. The van der Waals surface area contributed by atoms with E-state index in [9.17, 15) is 5.11 Å². The van der Waals surface area contributed by atoms with Crippen molar-refractivity contribution in [1.82, 2.24) is 0 Å². The number of aliphatic hydroxyl groups excluding tert-OH is 1. The van der Waals surface area contributed by atoms with Crippen LogP contribution in [0.2, 0.25) is 0 Å². The Kier molecular flexibility index (Phi) is 4.98. The number of hydrogen-bond acceptors (Lipinski definition) is 1. The third kappa shape index (κ3) is 4.13. The molecule has 1 aromatic rings. The van der Waals surface area contributed by atoms with Crippen LogP contribution in [0, 0.1) is 17.3 Å². The Labute approximate surface area is 112 Å². The van der Waals surface area contributed by atoms with E-state index < -0.39 is 0 Å². The summed E-state index contributed by atoms with van der Waals surface area (Å²) in [4.78, 5) is 0. The molecule has 0 aliphatic carbocycles. The number of rotatable bonds is 4. The summed E-state index contributed by atoms with van der Waals surface area (Å²) in [6.07, 6.45) is 0.696. The van der Waals surface area contributed by atoms with Gasteiger partial charge in [0.1, 0.15) is 0 Å². The van der Waals surface area contributed by atoms with Crippen LogP contribution >= 0.6 is 0 Å². The van der Waals surface area contributed by atoms with E-state index in [0.717, 1.165) is 12.0 Å². The first-order chi connectivity index (χ1) is 8.21. The third-order valence-electron chi connectivity index (χ3n) is 3.78. The second-order valence-corrected chi connectivity index (χ2v) is 6.94. The Hall–Kier alpha value is -0.820. The molecule has 0 radical (unpaired) electrons. The Morgan fingerprint density at radius 3 is 2.22 bits per heavy atom. The Bertz CT molecular complexity index is 373. The van der Waals surface area contributed by atoms with Crippen molar-refractivity contribution >= 4 is 0 Å². The molecule has 1 aromatic carbocycles. The molecule has 0 aromatic heterocycles. The lowest BCUT2D eigenvalue weighted by molar-refractivity contribution is 0.0534. The Morgan fingerprint density at radius 2 is 1.72 bits per heavy atom. The topological polar surface area (TPSA) is 20.2 Å². The minimum Gasteiger partial charge on any atom is -0.388 e. The summed E-state index contributed by atoms with van der Waals surface area (Å²) < 4.78 is 0. The van der Waals surface area contributed by atoms with Gasteiger partial charge in [-0.15, -0.1) is 0 Å². The molecule has 1 rings (SSSR count). The van der Waals surface area contributed by atoms with Gasteiger partial charge in [0.2, 0.25) is 0 Å². The highest BCUT2D eigenvalue weighted by atomic mass is 16.3. The first kappa shape index (κ1) is 15.2. The van der Waals surface area contributed by atoms with Crippen LogP contribution in [0.25, 0.3) is 0 Å². The monoisotopic (exact) mass is 248 g/mol. The van der Waals surface area contributed by atoms with Gasteiger partial charge in [0.25, 0.3) is 0 Å². The predicted octanol–water partition coefficient (Wildman–Crippen LogP) is 4.60. The van der Waals surface area contributed by atoms with Crippen molar-refractivity contribution in [3.8, 4) is 0 Å². The lowest BCUT2D eigenvalue weighted by Gasteiger charge is -2.31. The van der Waals surface area contributed by atoms with Crippen LogP contribution in [-0.2, 0) is 6.42 Å². The molecule has 0 aliphatic heterocycles. The van der Waals surface area contributed by atoms with Crippen molar-refractivity contribution in [2.45, 2.75) is 54.1 Å². The second kappa shape index (κ2) is 5.88. The van der Waals surface area contributed by atoms with Crippen molar-refractivity contribution < 1.29 is 5.11 Å². The van der Waals surface area contributed by atoms with E-state index in [0.29, 0.717) is 5.92 Å². The maximum Gasteiger partial charge on any atom is 0.0820 e. The molecule has 1 nitrogen and oxygen atoms in total. The van der Waals surface area contributed by atoms with E-state index >= 15 is 0 Å². The third-order valence-corrected chi connectivity index (χ3v) is 3.78. The van der Waals surface area contributed by atoms with Crippen molar-refractivity contribution in [2.24, 2.45) is 17.3 Å². The van der Waals surface area contributed by atoms with Crippen LogP contribution in [-0.4, -0.2) is 5.11 Å². The van der Waals surface area contributed by atoms with Gasteiger partial charge in [0.05, 0.1) is 6.10 Å². The molecular formula is C17H28O. The van der Waals surface area contributed by atoms with Crippen LogP contribution in [0.4, 0.5) is 0 Å². The highest BCUT2D eigenvalue weighted by molar-refractivity contribution is 5.26. The van der Waals surface area contributed by atoms with E-state index in [2.05, 4.69) is 59.7 Å². The molecule has 0 fully saturated rings. The maximum absolute atomic E-state index is 10.5. The molecule has 0 spiro atoms. The average molecular weight is 248 g/mol. The van der Waals surface area contributed by atoms with Gasteiger partial charge in [-0.25, -0.2) is 0 Å². The molecule has 0 amide bonds. The zero-order valence-electron chi connectivity index (χ0n) is 12.7. The fourth-order valence-corrected chi connectivity index (χ4v) is 2.14. The summed E-state index contributed by atoms with van der Waals surface area (Å²) in [5.41, 5.74) is 2.49. The van der Waals surface area contributed by atoms with Gasteiger partial charge in [0, 0.05) is 0 Å². The average Bonchev–Trinajstić information content (AvgIpc) is 2.25. The van der Waals surface area contributed by atoms with Gasteiger partial charge in [-0.2, -0.15) is 0 Å². The first-order valence-electron chi connectivity index (χ1n) is 6.98. The SMILES string of the molecule is CC(C)Cc1cccc(C(O)C(C)C(C)(C)C)c1. The fourth-order valence-electron chi connectivity index (χ4n) is 2.14. The normalized spacial score (nSPS) is 15.8. The van der Waals surface area contributed by atoms with Gasteiger partial charge in [0.15, 0.2) is 0 Å². The largest absolute Gasteiger partial charge is 0.388 e. The van der Waals surface area contributed by atoms with Gasteiger partial charge >= 0.3 is 0 Å². The molecule has 0 aliphatic rings. The molecule has 18 heavy (non-hydrogen) atoms. The highest BCUT2D eigenvalue weighted by Crippen LogP contribution is 2.36. The summed E-state index contributed by atoms with van der Waals surface area (Å²) >= 11 is 0. The van der Waals surface area contributed by atoms with Crippen molar-refractivity contribution in [1.29, 1.82) is 0 Å². The van der Waals surface area contributed by atoms with Crippen LogP contribution in [0.1, 0.15) is 58.8 Å². The van der Waals surface area contributed by atoms with E-state index in [1.54, 1.807) is 0 Å². The Morgan fingerprint density at radius 1 is 1.11 bits per heavy atom. The lowest BCUT2D eigenvalue weighted by atomic mass is 9.76. The molecule has 1 heteroatoms. The van der Waals surface area contributed by atoms with Crippen LogP contribution in [0.3, 0.4) is 0 Å². The molecule has 2 unspecified atom stereocenters. The van der Waals surface area contributed by atoms with E-state index in [1.807, 2.05) is 6.07 Å². The number of aliphatic hydroxyl groups is 1. The lowest BCUT2D eigenvalue weighted by Crippen LogP contribution is -2.24. The summed E-state index contributed by atoms with van der Waals surface area (Å²) in [6, 6.07) is 8.41. The van der Waals surface area contributed by atoms with Gasteiger partial charge < -0.3 is 5.11 Å². The van der Waals surface area contributed by atoms with Gasteiger partial charge in [-0.1, -0.05) is 65.8 Å². The molecule has 102 valence electrons. The van der Waals surface area contributed by atoms with Gasteiger partial charge in [-0.3, -0.25) is 0 Å². The standard InChI is InChI=1S/C17H28O/c1-12(2)10-14-8-7-9-15(11-14)16(18)13(3)17(4,5)6/h7-9,11-13,16,18H,10H2,1-6H3. The quantitative estimate of drug-likeness (QED) is 0.825. The van der Waals surface area contributed by atoms with E-state index in [4.69, 9.17) is 0 Å². The van der Waals surface area contributed by atoms with Crippen molar-refractivity contribution in [2.75, 3.05) is 0 Å².